The fourth-order valence-electron chi connectivity index (χ4n) is 0.417. The van der Waals surface area contributed by atoms with Crippen molar-refractivity contribution in [3.05, 3.63) is 11.8 Å². The average molecular weight is 143 g/mol. The van der Waals surface area contributed by atoms with Gasteiger partial charge in [0.05, 0.1) is 6.61 Å². The largest absolute Gasteiger partial charge is 0.875 e. The van der Waals surface area contributed by atoms with Gasteiger partial charge in [-0.25, -0.2) is 4.79 Å². The normalized spacial score (nSPS) is 11.2. The lowest BCUT2D eigenvalue weighted by Crippen LogP contribution is -2.07. The Balaban J connectivity index is 3.75. The molecule has 0 fully saturated rings. The Bertz CT molecular complexity index is 138. The summed E-state index contributed by atoms with van der Waals surface area (Å²) in [5.74, 6) is -0.743. The van der Waals surface area contributed by atoms with Crippen molar-refractivity contribution >= 4 is 5.97 Å². The Kier molecular flexibility index (Phi) is 4.37. The Labute approximate surface area is 60.3 Å². The maximum Gasteiger partial charge on any atom is 0.329 e. The number of carbonyl (C=O) groups is 1. The van der Waals surface area contributed by atoms with Gasteiger partial charge in [0.15, 0.2) is 0 Å². The van der Waals surface area contributed by atoms with E-state index in [9.17, 15) is 9.90 Å². The zero-order valence-corrected chi connectivity index (χ0v) is 6.22. The molecular weight excluding hydrogens is 132 g/mol. The maximum absolute atomic E-state index is 10.5. The van der Waals surface area contributed by atoms with E-state index in [1.54, 1.807) is 13.8 Å². The molecule has 0 aromatic heterocycles. The molecular formula is C7H11O3-. The first-order valence-electron chi connectivity index (χ1n) is 3.25. The van der Waals surface area contributed by atoms with Crippen LogP contribution in [0.5, 0.6) is 0 Å². The fourth-order valence-corrected chi connectivity index (χ4v) is 0.417. The standard InChI is InChI=1S/C7H12O3/c1-3-6(8)5-7(9)10-4-2/h5,8H,3-4H2,1-2H3/p-1/b6-5-. The van der Waals surface area contributed by atoms with Gasteiger partial charge in [-0.3, -0.25) is 0 Å². The minimum Gasteiger partial charge on any atom is -0.875 e. The highest BCUT2D eigenvalue weighted by molar-refractivity contribution is 5.82. The van der Waals surface area contributed by atoms with Crippen LogP contribution < -0.4 is 5.11 Å². The lowest BCUT2D eigenvalue weighted by molar-refractivity contribution is -0.306. The summed E-state index contributed by atoms with van der Waals surface area (Å²) in [5, 5.41) is 10.5. The number of allylic oxidation sites excluding steroid dienone is 1. The Morgan fingerprint density at radius 2 is 2.20 bits per heavy atom. The van der Waals surface area contributed by atoms with Crippen LogP contribution in [0.15, 0.2) is 11.8 Å². The van der Waals surface area contributed by atoms with Gasteiger partial charge in [-0.2, -0.15) is 0 Å². The highest BCUT2D eigenvalue weighted by Crippen LogP contribution is 1.90. The van der Waals surface area contributed by atoms with E-state index in [0.717, 1.165) is 6.08 Å². The lowest BCUT2D eigenvalue weighted by Gasteiger charge is -2.06. The molecule has 0 aromatic carbocycles. The predicted octanol–water partition coefficient (Wildman–Crippen LogP) is 0.204. The monoisotopic (exact) mass is 143 g/mol. The van der Waals surface area contributed by atoms with E-state index in [-0.39, 0.29) is 5.76 Å². The first kappa shape index (κ1) is 9.01. The van der Waals surface area contributed by atoms with E-state index in [2.05, 4.69) is 4.74 Å². The smallest absolute Gasteiger partial charge is 0.329 e. The Morgan fingerprint density at radius 1 is 1.60 bits per heavy atom. The van der Waals surface area contributed by atoms with Crippen molar-refractivity contribution in [3.63, 3.8) is 0 Å². The number of hydrogen-bond donors (Lipinski definition) is 0. The molecule has 0 aliphatic heterocycles. The molecule has 0 saturated heterocycles. The van der Waals surface area contributed by atoms with Crippen molar-refractivity contribution in [2.24, 2.45) is 0 Å². The summed E-state index contributed by atoms with van der Waals surface area (Å²) in [5.41, 5.74) is 0. The van der Waals surface area contributed by atoms with Crippen molar-refractivity contribution in [1.29, 1.82) is 0 Å². The van der Waals surface area contributed by atoms with Crippen LogP contribution in [0.25, 0.3) is 0 Å². The van der Waals surface area contributed by atoms with Crippen molar-refractivity contribution in [2.75, 3.05) is 6.61 Å². The quantitative estimate of drug-likeness (QED) is 0.322. The van der Waals surface area contributed by atoms with E-state index in [1.807, 2.05) is 0 Å². The van der Waals surface area contributed by atoms with Crippen LogP contribution in [0.4, 0.5) is 0 Å². The highest BCUT2D eigenvalue weighted by Gasteiger charge is 1.91. The van der Waals surface area contributed by atoms with Gasteiger partial charge in [-0.1, -0.05) is 6.92 Å². The number of hydrogen-bond acceptors (Lipinski definition) is 3. The summed E-state index contributed by atoms with van der Waals surface area (Å²) in [6, 6.07) is 0. The van der Waals surface area contributed by atoms with Crippen molar-refractivity contribution in [3.8, 4) is 0 Å². The van der Waals surface area contributed by atoms with Crippen LogP contribution in [0.3, 0.4) is 0 Å². The molecule has 0 heterocycles. The third-order valence-corrected chi connectivity index (χ3v) is 0.914. The minimum atomic E-state index is -0.547. The van der Waals surface area contributed by atoms with Gasteiger partial charge >= 0.3 is 5.97 Å². The number of esters is 1. The molecule has 0 rings (SSSR count). The molecule has 58 valence electrons. The van der Waals surface area contributed by atoms with Gasteiger partial charge in [0, 0.05) is 6.08 Å². The number of ether oxygens (including phenoxy) is 1. The van der Waals surface area contributed by atoms with Crippen LogP contribution in [0.1, 0.15) is 20.3 Å². The Hall–Kier alpha value is -0.990. The van der Waals surface area contributed by atoms with Gasteiger partial charge in [0.2, 0.25) is 0 Å². The molecule has 0 radical (unpaired) electrons. The van der Waals surface area contributed by atoms with Crippen LogP contribution in [-0.4, -0.2) is 12.6 Å². The summed E-state index contributed by atoms with van der Waals surface area (Å²) in [7, 11) is 0. The molecule has 0 aliphatic rings. The summed E-state index contributed by atoms with van der Waals surface area (Å²) < 4.78 is 4.50. The second kappa shape index (κ2) is 4.85. The summed E-state index contributed by atoms with van der Waals surface area (Å²) in [6.45, 7) is 3.70. The molecule has 0 bridgehead atoms. The first-order valence-corrected chi connectivity index (χ1v) is 3.25. The van der Waals surface area contributed by atoms with E-state index in [0.29, 0.717) is 13.0 Å². The van der Waals surface area contributed by atoms with Crippen molar-refractivity contribution in [1.82, 2.24) is 0 Å². The van der Waals surface area contributed by atoms with Gasteiger partial charge in [-0.05, 0) is 13.3 Å². The van der Waals surface area contributed by atoms with Gasteiger partial charge in [0.25, 0.3) is 0 Å². The molecule has 0 aromatic rings. The summed E-state index contributed by atoms with van der Waals surface area (Å²) >= 11 is 0. The molecule has 0 saturated carbocycles. The summed E-state index contributed by atoms with van der Waals surface area (Å²) in [4.78, 5) is 10.5. The SMILES string of the molecule is CCOC(=O)/C=C(\[O-])CC. The molecule has 0 amide bonds. The van der Waals surface area contributed by atoms with E-state index < -0.39 is 5.97 Å². The molecule has 0 unspecified atom stereocenters. The van der Waals surface area contributed by atoms with Crippen LogP contribution in [0.2, 0.25) is 0 Å². The maximum atomic E-state index is 10.5. The molecule has 10 heavy (non-hydrogen) atoms. The van der Waals surface area contributed by atoms with E-state index in [4.69, 9.17) is 0 Å². The molecule has 0 aliphatic carbocycles. The van der Waals surface area contributed by atoms with Gasteiger partial charge in [0.1, 0.15) is 0 Å². The lowest BCUT2D eigenvalue weighted by atomic mass is 10.4. The first-order chi connectivity index (χ1) is 4.70. The topological polar surface area (TPSA) is 49.4 Å². The van der Waals surface area contributed by atoms with E-state index >= 15 is 0 Å². The Morgan fingerprint density at radius 3 is 2.60 bits per heavy atom. The zero-order chi connectivity index (χ0) is 7.98. The summed E-state index contributed by atoms with van der Waals surface area (Å²) in [6.07, 6.45) is 1.32. The molecule has 0 spiro atoms. The predicted molar refractivity (Wildman–Crippen MR) is 35.0 cm³/mol. The van der Waals surface area contributed by atoms with E-state index in [1.165, 1.54) is 0 Å². The molecule has 0 N–H and O–H groups in total. The fraction of sp³-hybridized carbons (Fsp3) is 0.571. The van der Waals surface area contributed by atoms with Crippen LogP contribution in [0, 0.1) is 0 Å². The van der Waals surface area contributed by atoms with Crippen LogP contribution in [-0.2, 0) is 9.53 Å². The van der Waals surface area contributed by atoms with Crippen molar-refractivity contribution in [2.45, 2.75) is 20.3 Å². The highest BCUT2D eigenvalue weighted by atomic mass is 16.5. The molecule has 3 heteroatoms. The second-order valence-corrected chi connectivity index (χ2v) is 1.72. The molecule has 0 atom stereocenters. The number of carbonyl (C=O) groups excluding carboxylic acids is 1. The average Bonchev–Trinajstić information content (AvgIpc) is 1.88. The number of rotatable bonds is 3. The second-order valence-electron chi connectivity index (χ2n) is 1.72. The minimum absolute atomic E-state index is 0.196. The zero-order valence-electron chi connectivity index (χ0n) is 6.22. The van der Waals surface area contributed by atoms with Crippen molar-refractivity contribution < 1.29 is 14.6 Å². The third-order valence-electron chi connectivity index (χ3n) is 0.914. The van der Waals surface area contributed by atoms with Crippen LogP contribution >= 0.6 is 0 Å². The third kappa shape index (κ3) is 3.95. The molecule has 3 nitrogen and oxygen atoms in total. The van der Waals surface area contributed by atoms with Gasteiger partial charge < -0.3 is 9.84 Å². The van der Waals surface area contributed by atoms with Gasteiger partial charge in [-0.15, -0.1) is 5.76 Å².